The number of rotatable bonds is 8. The van der Waals surface area contributed by atoms with Crippen LogP contribution < -0.4 is 20.7 Å². The summed E-state index contributed by atoms with van der Waals surface area (Å²) in [5, 5.41) is 0.481. The summed E-state index contributed by atoms with van der Waals surface area (Å²) in [5.74, 6) is -1.17. The van der Waals surface area contributed by atoms with E-state index in [9.17, 15) is 27.6 Å². The van der Waals surface area contributed by atoms with Gasteiger partial charge >= 0.3 is 24.0 Å². The molecule has 0 fully saturated rings. The minimum atomic E-state index is -4.91. The van der Waals surface area contributed by atoms with E-state index in [4.69, 9.17) is 21.1 Å². The number of esters is 1. The number of hydrogen-bond acceptors (Lipinski definition) is 7. The second-order valence-electron chi connectivity index (χ2n) is 10.0. The van der Waals surface area contributed by atoms with E-state index in [1.54, 1.807) is 45.0 Å². The molecule has 0 aliphatic carbocycles. The van der Waals surface area contributed by atoms with E-state index in [2.05, 4.69) is 9.72 Å². The predicted octanol–water partition coefficient (Wildman–Crippen LogP) is 5.02. The van der Waals surface area contributed by atoms with Gasteiger partial charge in [-0.15, -0.1) is 13.2 Å². The number of nitrogens with zero attached hydrogens (tertiary/aromatic N) is 4. The van der Waals surface area contributed by atoms with Crippen molar-refractivity contribution >= 4 is 28.7 Å². The highest BCUT2D eigenvalue weighted by Crippen LogP contribution is 2.30. The van der Waals surface area contributed by atoms with Gasteiger partial charge in [0.25, 0.3) is 5.56 Å². The fraction of sp³-hybridized carbons (Fsp3) is 0.333. The lowest BCUT2D eigenvalue weighted by Gasteiger charge is -2.19. The van der Waals surface area contributed by atoms with E-state index >= 15 is 0 Å². The van der Waals surface area contributed by atoms with Crippen LogP contribution in [0.1, 0.15) is 32.8 Å². The molecule has 14 heteroatoms. The zero-order chi connectivity index (χ0) is 30.1. The summed E-state index contributed by atoms with van der Waals surface area (Å²) in [6.45, 7) is 4.87. The van der Waals surface area contributed by atoms with Gasteiger partial charge in [-0.2, -0.15) is 4.98 Å². The van der Waals surface area contributed by atoms with Gasteiger partial charge in [0.05, 0.1) is 13.0 Å². The highest BCUT2D eigenvalue weighted by Gasteiger charge is 2.31. The molecule has 4 aromatic rings. The number of fused-ring (bicyclic) bond motifs is 1. The van der Waals surface area contributed by atoms with Crippen LogP contribution in [-0.4, -0.2) is 36.6 Å². The van der Waals surface area contributed by atoms with Crippen LogP contribution in [-0.2, 0) is 29.7 Å². The molecule has 0 atom stereocenters. The number of aryl methyl sites for hydroxylation is 1. The quantitative estimate of drug-likeness (QED) is 0.264. The summed E-state index contributed by atoms with van der Waals surface area (Å²) in [7, 11) is 1.40. The Balaban J connectivity index is 1.81. The van der Waals surface area contributed by atoms with Gasteiger partial charge in [-0.25, -0.2) is 4.79 Å². The van der Waals surface area contributed by atoms with Gasteiger partial charge in [-0.3, -0.25) is 23.3 Å². The third-order valence-electron chi connectivity index (χ3n) is 5.66. The number of ether oxygens (including phenoxy) is 3. The van der Waals surface area contributed by atoms with Crippen molar-refractivity contribution < 1.29 is 32.2 Å². The van der Waals surface area contributed by atoms with E-state index in [0.717, 1.165) is 21.3 Å². The summed E-state index contributed by atoms with van der Waals surface area (Å²) in [6, 6.07) is 11.3. The lowest BCUT2D eigenvalue weighted by atomic mass is 10.2. The average Bonchev–Trinajstić information content (AvgIpc) is 3.20. The standard InChI is InChI=1S/C27H26ClF3N4O6/c1-26(2,3)41-20(36)12-13-34-23(37)21-22(33(4)25(34)38)32-24(35(21)15-16-8-10-17(28)11-9-16)39-18-6-5-7-19(14-18)40-27(29,30)31/h5-11,14H,12-13,15H2,1-4H3. The van der Waals surface area contributed by atoms with Crippen molar-refractivity contribution in [1.29, 1.82) is 0 Å². The highest BCUT2D eigenvalue weighted by atomic mass is 35.5. The first kappa shape index (κ1) is 29.7. The van der Waals surface area contributed by atoms with Crippen LogP contribution in [0.3, 0.4) is 0 Å². The Bertz CT molecular complexity index is 1700. The first-order valence-corrected chi connectivity index (χ1v) is 12.7. The van der Waals surface area contributed by atoms with Crippen molar-refractivity contribution in [1.82, 2.24) is 18.7 Å². The number of alkyl halides is 3. The zero-order valence-corrected chi connectivity index (χ0v) is 23.2. The molecule has 41 heavy (non-hydrogen) atoms. The Kier molecular flexibility index (Phi) is 8.20. The molecule has 0 spiro atoms. The number of imidazole rings is 1. The van der Waals surface area contributed by atoms with Gasteiger partial charge < -0.3 is 14.2 Å². The van der Waals surface area contributed by atoms with Crippen LogP contribution in [0.4, 0.5) is 13.2 Å². The van der Waals surface area contributed by atoms with Gasteiger partial charge in [0.2, 0.25) is 0 Å². The third kappa shape index (κ3) is 7.28. The molecule has 0 unspecified atom stereocenters. The molecule has 10 nitrogen and oxygen atoms in total. The molecule has 0 aliphatic rings. The lowest BCUT2D eigenvalue weighted by molar-refractivity contribution is -0.274. The maximum Gasteiger partial charge on any atom is 0.573 e. The van der Waals surface area contributed by atoms with Gasteiger partial charge in [0.15, 0.2) is 11.2 Å². The first-order valence-electron chi connectivity index (χ1n) is 12.3. The molecule has 0 bridgehead atoms. The number of benzene rings is 2. The van der Waals surface area contributed by atoms with E-state index in [-0.39, 0.29) is 42.4 Å². The second kappa shape index (κ2) is 11.3. The Labute approximate surface area is 236 Å². The van der Waals surface area contributed by atoms with E-state index in [1.807, 2.05) is 0 Å². The monoisotopic (exact) mass is 594 g/mol. The van der Waals surface area contributed by atoms with Crippen LogP contribution >= 0.6 is 11.6 Å². The molecule has 0 aliphatic heterocycles. The van der Waals surface area contributed by atoms with Gasteiger partial charge in [-0.1, -0.05) is 29.8 Å². The normalized spacial score (nSPS) is 12.0. The van der Waals surface area contributed by atoms with Crippen LogP contribution in [0.25, 0.3) is 11.2 Å². The van der Waals surface area contributed by atoms with Crippen molar-refractivity contribution in [3.05, 3.63) is 80.0 Å². The highest BCUT2D eigenvalue weighted by molar-refractivity contribution is 6.30. The van der Waals surface area contributed by atoms with Crippen molar-refractivity contribution in [2.45, 2.75) is 52.2 Å². The molecular weight excluding hydrogens is 569 g/mol. The van der Waals surface area contributed by atoms with Gasteiger partial charge in [0.1, 0.15) is 17.1 Å². The summed E-state index contributed by atoms with van der Waals surface area (Å²) >= 11 is 6.01. The second-order valence-corrected chi connectivity index (χ2v) is 10.5. The largest absolute Gasteiger partial charge is 0.573 e. The molecule has 0 saturated carbocycles. The summed E-state index contributed by atoms with van der Waals surface area (Å²) in [4.78, 5) is 43.4. The molecule has 0 radical (unpaired) electrons. The maximum absolute atomic E-state index is 13.7. The van der Waals surface area contributed by atoms with Crippen LogP contribution in [0.5, 0.6) is 17.5 Å². The molecule has 2 aromatic heterocycles. The smallest absolute Gasteiger partial charge is 0.460 e. The van der Waals surface area contributed by atoms with Crippen molar-refractivity contribution in [3.8, 4) is 17.5 Å². The topological polar surface area (TPSA) is 107 Å². The number of carbonyl (C=O) groups is 1. The van der Waals surface area contributed by atoms with Crippen molar-refractivity contribution in [2.75, 3.05) is 0 Å². The SMILES string of the molecule is Cn1c(=O)n(CCC(=O)OC(C)(C)C)c(=O)c2c1nc(Oc1cccc(OC(F)(F)F)c1)n2Cc1ccc(Cl)cc1. The Morgan fingerprint density at radius 1 is 1.00 bits per heavy atom. The molecule has 0 saturated heterocycles. The molecule has 0 N–H and O–H groups in total. The first-order chi connectivity index (χ1) is 19.1. The van der Waals surface area contributed by atoms with Crippen LogP contribution in [0, 0.1) is 0 Å². The predicted molar refractivity (Wildman–Crippen MR) is 143 cm³/mol. The fourth-order valence-corrected chi connectivity index (χ4v) is 4.11. The van der Waals surface area contributed by atoms with Gasteiger partial charge in [0, 0.05) is 24.7 Å². The minimum absolute atomic E-state index is 0.0241. The molecule has 2 heterocycles. The summed E-state index contributed by atoms with van der Waals surface area (Å²) in [5.41, 5.74) is -1.58. The molecular formula is C27H26ClF3N4O6. The molecule has 218 valence electrons. The minimum Gasteiger partial charge on any atom is -0.460 e. The van der Waals surface area contributed by atoms with Gasteiger partial charge in [-0.05, 0) is 50.6 Å². The van der Waals surface area contributed by atoms with E-state index < -0.39 is 34.9 Å². The molecule has 0 amide bonds. The molecule has 4 rings (SSSR count). The van der Waals surface area contributed by atoms with Crippen LogP contribution in [0.2, 0.25) is 5.02 Å². The van der Waals surface area contributed by atoms with Crippen molar-refractivity contribution in [2.24, 2.45) is 7.05 Å². The summed E-state index contributed by atoms with van der Waals surface area (Å²) < 4.78 is 56.7. The van der Waals surface area contributed by atoms with E-state index in [0.29, 0.717) is 10.6 Å². The summed E-state index contributed by atoms with van der Waals surface area (Å²) in [6.07, 6.45) is -5.15. The average molecular weight is 595 g/mol. The number of halogens is 4. The zero-order valence-electron chi connectivity index (χ0n) is 22.5. The Morgan fingerprint density at radius 2 is 1.66 bits per heavy atom. The Hall–Kier alpha value is -4.26. The van der Waals surface area contributed by atoms with Crippen molar-refractivity contribution in [3.63, 3.8) is 0 Å². The molecule has 2 aromatic carbocycles. The van der Waals surface area contributed by atoms with Crippen LogP contribution in [0.15, 0.2) is 58.1 Å². The lowest BCUT2D eigenvalue weighted by Crippen LogP contribution is -2.40. The Morgan fingerprint density at radius 3 is 2.29 bits per heavy atom. The number of hydrogen-bond donors (Lipinski definition) is 0. The number of carbonyl (C=O) groups excluding carboxylic acids is 1. The maximum atomic E-state index is 13.7. The van der Waals surface area contributed by atoms with E-state index in [1.165, 1.54) is 23.7 Å². The number of aromatic nitrogens is 4. The fourth-order valence-electron chi connectivity index (χ4n) is 3.98. The third-order valence-corrected chi connectivity index (χ3v) is 5.91.